The van der Waals surface area contributed by atoms with Crippen molar-refractivity contribution >= 4 is 27.9 Å². The molecule has 2 aromatic rings. The van der Waals surface area contributed by atoms with Crippen molar-refractivity contribution in [1.29, 1.82) is 0 Å². The summed E-state index contributed by atoms with van der Waals surface area (Å²) < 4.78 is 24.4. The van der Waals surface area contributed by atoms with Gasteiger partial charge < -0.3 is 9.47 Å². The number of hydrogen-bond acceptors (Lipinski definition) is 4. The van der Waals surface area contributed by atoms with Gasteiger partial charge in [-0.3, -0.25) is 0 Å². The SMILES string of the molecule is CCCCCCCOC(=O)c1ccc(C(=O)OCc2cc(F)ccc2Br)cc1. The van der Waals surface area contributed by atoms with Gasteiger partial charge in [0.05, 0.1) is 17.7 Å². The number of unbranched alkanes of at least 4 members (excludes halogenated alkanes) is 4. The number of hydrogen-bond donors (Lipinski definition) is 0. The molecule has 0 fully saturated rings. The van der Waals surface area contributed by atoms with Crippen LogP contribution in [0.3, 0.4) is 0 Å². The summed E-state index contributed by atoms with van der Waals surface area (Å²) in [4.78, 5) is 24.2. The Morgan fingerprint density at radius 3 is 2.14 bits per heavy atom. The summed E-state index contributed by atoms with van der Waals surface area (Å²) in [5.41, 5.74) is 1.23. The van der Waals surface area contributed by atoms with Crippen LogP contribution < -0.4 is 0 Å². The Bertz CT molecular complexity index is 790. The van der Waals surface area contributed by atoms with Gasteiger partial charge in [-0.05, 0) is 48.9 Å². The lowest BCUT2D eigenvalue weighted by Crippen LogP contribution is -2.09. The Morgan fingerprint density at radius 1 is 0.893 bits per heavy atom. The van der Waals surface area contributed by atoms with Crippen LogP contribution in [0.2, 0.25) is 0 Å². The number of rotatable bonds is 10. The third kappa shape index (κ3) is 7.08. The van der Waals surface area contributed by atoms with Crippen LogP contribution in [0.5, 0.6) is 0 Å². The maximum Gasteiger partial charge on any atom is 0.338 e. The van der Waals surface area contributed by atoms with Crippen molar-refractivity contribution in [2.24, 2.45) is 0 Å². The van der Waals surface area contributed by atoms with E-state index in [1.54, 1.807) is 6.07 Å². The van der Waals surface area contributed by atoms with Crippen molar-refractivity contribution in [2.75, 3.05) is 6.61 Å². The highest BCUT2D eigenvalue weighted by Gasteiger charge is 2.12. The molecule has 0 aliphatic rings. The van der Waals surface area contributed by atoms with E-state index >= 15 is 0 Å². The van der Waals surface area contributed by atoms with Crippen LogP contribution in [0.1, 0.15) is 65.3 Å². The third-order valence-electron chi connectivity index (χ3n) is 4.20. The van der Waals surface area contributed by atoms with Gasteiger partial charge in [0, 0.05) is 10.0 Å². The second-order valence-corrected chi connectivity index (χ2v) is 7.29. The van der Waals surface area contributed by atoms with Crippen molar-refractivity contribution in [3.63, 3.8) is 0 Å². The Hall–Kier alpha value is -2.21. The Kier molecular flexibility index (Phi) is 9.14. The molecule has 150 valence electrons. The molecule has 2 rings (SSSR count). The second kappa shape index (κ2) is 11.6. The van der Waals surface area contributed by atoms with Crippen LogP contribution in [0.4, 0.5) is 4.39 Å². The maximum absolute atomic E-state index is 13.3. The first-order valence-corrected chi connectivity index (χ1v) is 10.2. The Balaban J connectivity index is 1.81. The predicted molar refractivity (Wildman–Crippen MR) is 109 cm³/mol. The van der Waals surface area contributed by atoms with E-state index in [0.717, 1.165) is 19.3 Å². The van der Waals surface area contributed by atoms with E-state index in [-0.39, 0.29) is 6.61 Å². The van der Waals surface area contributed by atoms with Gasteiger partial charge in [-0.2, -0.15) is 0 Å². The molecular formula is C22H24BrFO4. The van der Waals surface area contributed by atoms with E-state index in [2.05, 4.69) is 22.9 Å². The van der Waals surface area contributed by atoms with E-state index in [4.69, 9.17) is 9.47 Å². The monoisotopic (exact) mass is 450 g/mol. The minimum absolute atomic E-state index is 0.0565. The molecule has 28 heavy (non-hydrogen) atoms. The molecule has 0 saturated carbocycles. The number of carbonyl (C=O) groups is 2. The normalized spacial score (nSPS) is 10.5. The summed E-state index contributed by atoms with van der Waals surface area (Å²) >= 11 is 3.29. The molecule has 0 saturated heterocycles. The van der Waals surface area contributed by atoms with Crippen molar-refractivity contribution in [3.05, 3.63) is 69.4 Å². The minimum Gasteiger partial charge on any atom is -0.462 e. The van der Waals surface area contributed by atoms with Crippen molar-refractivity contribution < 1.29 is 23.5 Å². The zero-order chi connectivity index (χ0) is 20.4. The summed E-state index contributed by atoms with van der Waals surface area (Å²) in [7, 11) is 0. The van der Waals surface area contributed by atoms with Crippen LogP contribution in [-0.4, -0.2) is 18.5 Å². The molecule has 4 nitrogen and oxygen atoms in total. The first-order valence-electron chi connectivity index (χ1n) is 9.39. The fourth-order valence-corrected chi connectivity index (χ4v) is 2.94. The number of halogens is 2. The predicted octanol–water partition coefficient (Wildman–Crippen LogP) is 6.07. The molecule has 0 amide bonds. The molecule has 0 aliphatic heterocycles. The average Bonchev–Trinajstić information content (AvgIpc) is 2.71. The summed E-state index contributed by atoms with van der Waals surface area (Å²) in [6, 6.07) is 10.3. The smallest absolute Gasteiger partial charge is 0.338 e. The molecule has 0 radical (unpaired) electrons. The van der Waals surface area contributed by atoms with E-state index in [1.165, 1.54) is 49.2 Å². The summed E-state index contributed by atoms with van der Waals surface area (Å²) in [5, 5.41) is 0. The van der Waals surface area contributed by atoms with Gasteiger partial charge in [0.1, 0.15) is 12.4 Å². The molecular weight excluding hydrogens is 427 g/mol. The van der Waals surface area contributed by atoms with Gasteiger partial charge in [0.15, 0.2) is 0 Å². The fourth-order valence-electron chi connectivity index (χ4n) is 2.58. The Labute approximate surface area is 173 Å². The number of carbonyl (C=O) groups excluding carboxylic acids is 2. The average molecular weight is 451 g/mol. The highest BCUT2D eigenvalue weighted by molar-refractivity contribution is 9.10. The summed E-state index contributed by atoms with van der Waals surface area (Å²) in [5.74, 6) is -1.35. The fraction of sp³-hybridized carbons (Fsp3) is 0.364. The molecule has 6 heteroatoms. The first kappa shape index (κ1) is 22.1. The Morgan fingerprint density at radius 2 is 1.50 bits per heavy atom. The van der Waals surface area contributed by atoms with E-state index in [9.17, 15) is 14.0 Å². The quantitative estimate of drug-likeness (QED) is 0.325. The first-order chi connectivity index (χ1) is 13.5. The van der Waals surface area contributed by atoms with Crippen LogP contribution in [-0.2, 0) is 16.1 Å². The lowest BCUT2D eigenvalue weighted by molar-refractivity contribution is 0.0465. The lowest BCUT2D eigenvalue weighted by Gasteiger charge is -2.08. The molecule has 0 N–H and O–H groups in total. The molecule has 0 spiro atoms. The van der Waals surface area contributed by atoms with Crippen LogP contribution in [0.15, 0.2) is 46.9 Å². The molecule has 0 aromatic heterocycles. The van der Waals surface area contributed by atoms with Crippen molar-refractivity contribution in [1.82, 2.24) is 0 Å². The molecule has 0 atom stereocenters. The summed E-state index contributed by atoms with van der Waals surface area (Å²) in [6.07, 6.45) is 5.42. The van der Waals surface area contributed by atoms with Gasteiger partial charge >= 0.3 is 11.9 Å². The third-order valence-corrected chi connectivity index (χ3v) is 4.98. The number of benzene rings is 2. The lowest BCUT2D eigenvalue weighted by atomic mass is 10.1. The number of ether oxygens (including phenoxy) is 2. The molecule has 2 aromatic carbocycles. The van der Waals surface area contributed by atoms with Crippen LogP contribution >= 0.6 is 15.9 Å². The maximum atomic E-state index is 13.3. The van der Waals surface area contributed by atoms with E-state index < -0.39 is 17.8 Å². The van der Waals surface area contributed by atoms with E-state index in [1.807, 2.05) is 0 Å². The molecule has 0 aliphatic carbocycles. The zero-order valence-corrected chi connectivity index (χ0v) is 17.5. The topological polar surface area (TPSA) is 52.6 Å². The van der Waals surface area contributed by atoms with Gasteiger partial charge in [0.2, 0.25) is 0 Å². The molecule has 0 bridgehead atoms. The minimum atomic E-state index is -0.549. The zero-order valence-electron chi connectivity index (χ0n) is 15.9. The number of esters is 2. The largest absolute Gasteiger partial charge is 0.462 e. The van der Waals surface area contributed by atoms with E-state index in [0.29, 0.717) is 27.8 Å². The standard InChI is InChI=1S/C22H24BrFO4/c1-2-3-4-5-6-13-27-21(25)16-7-9-17(10-8-16)22(26)28-15-18-14-19(24)11-12-20(18)23/h7-12,14H,2-6,13,15H2,1H3. The highest BCUT2D eigenvalue weighted by atomic mass is 79.9. The highest BCUT2D eigenvalue weighted by Crippen LogP contribution is 2.19. The second-order valence-electron chi connectivity index (χ2n) is 6.44. The van der Waals surface area contributed by atoms with Crippen LogP contribution in [0, 0.1) is 5.82 Å². The van der Waals surface area contributed by atoms with Crippen molar-refractivity contribution in [2.45, 2.75) is 45.6 Å². The van der Waals surface area contributed by atoms with Crippen LogP contribution in [0.25, 0.3) is 0 Å². The molecule has 0 unspecified atom stereocenters. The van der Waals surface area contributed by atoms with Gasteiger partial charge in [0.25, 0.3) is 0 Å². The summed E-state index contributed by atoms with van der Waals surface area (Å²) in [6.45, 7) is 2.49. The van der Waals surface area contributed by atoms with Gasteiger partial charge in [-0.25, -0.2) is 14.0 Å². The van der Waals surface area contributed by atoms with Crippen molar-refractivity contribution in [3.8, 4) is 0 Å². The molecule has 0 heterocycles. The van der Waals surface area contributed by atoms with Gasteiger partial charge in [-0.15, -0.1) is 0 Å². The van der Waals surface area contributed by atoms with Gasteiger partial charge in [-0.1, -0.05) is 48.5 Å².